The molecule has 1 heterocycles. The standard InChI is InChI=1S/C19H23NO4/c1-12-9-17(16-11-14(23-3)7-8-18(16)20-12)19(21)24-15-6-4-5-13(10-15)22-2/h7-9,11,13,15H,4-6,10H2,1-3H3/t13-,15-/m1/s1. The smallest absolute Gasteiger partial charge is 0.339 e. The van der Waals surface area contributed by atoms with Crippen LogP contribution in [0.2, 0.25) is 0 Å². The van der Waals surface area contributed by atoms with Crippen molar-refractivity contribution in [1.29, 1.82) is 0 Å². The van der Waals surface area contributed by atoms with Crippen LogP contribution in [0.15, 0.2) is 24.3 Å². The number of hydrogen-bond donors (Lipinski definition) is 0. The number of aryl methyl sites for hydroxylation is 1. The molecule has 0 spiro atoms. The SMILES string of the molecule is COc1ccc2nc(C)cc(C(=O)O[C@@H]3CCC[C@@H](OC)C3)c2c1. The van der Waals surface area contributed by atoms with Gasteiger partial charge in [-0.2, -0.15) is 0 Å². The molecule has 128 valence electrons. The zero-order valence-corrected chi connectivity index (χ0v) is 14.4. The molecule has 5 heteroatoms. The first-order chi connectivity index (χ1) is 11.6. The maximum Gasteiger partial charge on any atom is 0.339 e. The Kier molecular flexibility index (Phi) is 5.00. The third-order valence-electron chi connectivity index (χ3n) is 4.55. The summed E-state index contributed by atoms with van der Waals surface area (Å²) in [6.45, 7) is 1.88. The van der Waals surface area contributed by atoms with Crippen LogP contribution in [0.3, 0.4) is 0 Å². The van der Waals surface area contributed by atoms with Gasteiger partial charge >= 0.3 is 5.97 Å². The summed E-state index contributed by atoms with van der Waals surface area (Å²) in [5.74, 6) is 0.389. The highest BCUT2D eigenvalue weighted by molar-refractivity contribution is 6.04. The highest BCUT2D eigenvalue weighted by Gasteiger charge is 2.26. The molecule has 1 fully saturated rings. The lowest BCUT2D eigenvalue weighted by molar-refractivity contribution is -0.0148. The number of carbonyl (C=O) groups is 1. The van der Waals surface area contributed by atoms with E-state index in [1.54, 1.807) is 20.3 Å². The minimum absolute atomic E-state index is 0.0923. The number of rotatable bonds is 4. The van der Waals surface area contributed by atoms with Crippen molar-refractivity contribution in [2.24, 2.45) is 0 Å². The lowest BCUT2D eigenvalue weighted by Gasteiger charge is -2.28. The van der Waals surface area contributed by atoms with Crippen molar-refractivity contribution < 1.29 is 19.0 Å². The number of nitrogens with zero attached hydrogens (tertiary/aromatic N) is 1. The quantitative estimate of drug-likeness (QED) is 0.801. The van der Waals surface area contributed by atoms with Gasteiger partial charge in [0, 0.05) is 24.6 Å². The molecule has 0 amide bonds. The summed E-state index contributed by atoms with van der Waals surface area (Å²) in [6.07, 6.45) is 3.77. The van der Waals surface area contributed by atoms with Crippen molar-refractivity contribution in [3.05, 3.63) is 35.5 Å². The van der Waals surface area contributed by atoms with Gasteiger partial charge in [-0.3, -0.25) is 4.98 Å². The molecule has 0 radical (unpaired) electrons. The summed E-state index contributed by atoms with van der Waals surface area (Å²) in [4.78, 5) is 17.2. The van der Waals surface area contributed by atoms with Gasteiger partial charge < -0.3 is 14.2 Å². The maximum absolute atomic E-state index is 12.7. The first-order valence-corrected chi connectivity index (χ1v) is 8.30. The number of pyridine rings is 1. The number of benzene rings is 1. The molecule has 0 unspecified atom stereocenters. The van der Waals surface area contributed by atoms with Crippen LogP contribution in [0.25, 0.3) is 10.9 Å². The van der Waals surface area contributed by atoms with Crippen LogP contribution >= 0.6 is 0 Å². The molecule has 0 bridgehead atoms. The van der Waals surface area contributed by atoms with E-state index < -0.39 is 0 Å². The van der Waals surface area contributed by atoms with E-state index in [2.05, 4.69) is 4.98 Å². The van der Waals surface area contributed by atoms with Gasteiger partial charge in [-0.25, -0.2) is 4.79 Å². The maximum atomic E-state index is 12.7. The van der Waals surface area contributed by atoms with Gasteiger partial charge in [-0.15, -0.1) is 0 Å². The molecule has 1 aromatic carbocycles. The van der Waals surface area contributed by atoms with E-state index in [4.69, 9.17) is 14.2 Å². The molecule has 1 aliphatic carbocycles. The molecule has 0 aliphatic heterocycles. The number of esters is 1. The fourth-order valence-corrected chi connectivity index (χ4v) is 3.27. The summed E-state index contributed by atoms with van der Waals surface area (Å²) >= 11 is 0. The molecule has 2 aromatic rings. The second-order valence-corrected chi connectivity index (χ2v) is 6.25. The Hall–Kier alpha value is -2.14. The Balaban J connectivity index is 1.88. The Bertz CT molecular complexity index is 743. The van der Waals surface area contributed by atoms with Crippen LogP contribution in [-0.2, 0) is 9.47 Å². The Morgan fingerprint density at radius 1 is 1.17 bits per heavy atom. The van der Waals surface area contributed by atoms with E-state index >= 15 is 0 Å². The van der Waals surface area contributed by atoms with Crippen LogP contribution in [-0.4, -0.2) is 37.4 Å². The third-order valence-corrected chi connectivity index (χ3v) is 4.55. The Morgan fingerprint density at radius 3 is 2.71 bits per heavy atom. The monoisotopic (exact) mass is 329 g/mol. The van der Waals surface area contributed by atoms with Gasteiger partial charge in [0.05, 0.1) is 24.3 Å². The number of hydrogen-bond acceptors (Lipinski definition) is 5. The molecule has 1 aromatic heterocycles. The van der Waals surface area contributed by atoms with E-state index in [0.717, 1.165) is 42.3 Å². The second-order valence-electron chi connectivity index (χ2n) is 6.25. The first kappa shape index (κ1) is 16.7. The molecule has 0 N–H and O–H groups in total. The topological polar surface area (TPSA) is 57.7 Å². The van der Waals surface area contributed by atoms with Crippen LogP contribution in [0.5, 0.6) is 5.75 Å². The Morgan fingerprint density at radius 2 is 1.96 bits per heavy atom. The average Bonchev–Trinajstić information content (AvgIpc) is 2.60. The fourth-order valence-electron chi connectivity index (χ4n) is 3.27. The largest absolute Gasteiger partial charge is 0.497 e. The first-order valence-electron chi connectivity index (χ1n) is 8.30. The molecule has 1 aliphatic rings. The predicted octanol–water partition coefficient (Wildman–Crippen LogP) is 3.67. The van der Waals surface area contributed by atoms with E-state index in [0.29, 0.717) is 11.3 Å². The van der Waals surface area contributed by atoms with Crippen molar-refractivity contribution >= 4 is 16.9 Å². The molecule has 3 rings (SSSR count). The molecule has 0 saturated heterocycles. The van der Waals surface area contributed by atoms with Crippen LogP contribution in [0.4, 0.5) is 0 Å². The van der Waals surface area contributed by atoms with Gasteiger partial charge in [-0.1, -0.05) is 0 Å². The molecule has 1 saturated carbocycles. The fraction of sp³-hybridized carbons (Fsp3) is 0.474. The van der Waals surface area contributed by atoms with E-state index in [9.17, 15) is 4.79 Å². The van der Waals surface area contributed by atoms with Crippen molar-refractivity contribution in [2.45, 2.75) is 44.8 Å². The number of aromatic nitrogens is 1. The molecule has 2 atom stereocenters. The average molecular weight is 329 g/mol. The highest BCUT2D eigenvalue weighted by Crippen LogP contribution is 2.27. The third kappa shape index (κ3) is 3.51. The van der Waals surface area contributed by atoms with Gasteiger partial charge in [0.25, 0.3) is 0 Å². The van der Waals surface area contributed by atoms with Gasteiger partial charge in [0.15, 0.2) is 0 Å². The van der Waals surface area contributed by atoms with Crippen molar-refractivity contribution in [2.75, 3.05) is 14.2 Å². The van der Waals surface area contributed by atoms with Crippen molar-refractivity contribution in [3.63, 3.8) is 0 Å². The number of fused-ring (bicyclic) bond motifs is 1. The summed E-state index contributed by atoms with van der Waals surface area (Å²) in [5.41, 5.74) is 2.09. The summed E-state index contributed by atoms with van der Waals surface area (Å²) in [5, 5.41) is 0.754. The lowest BCUT2D eigenvalue weighted by atomic mass is 9.95. The van der Waals surface area contributed by atoms with Crippen LogP contribution < -0.4 is 4.74 Å². The Labute approximate surface area is 141 Å². The molecular formula is C19H23NO4. The molecular weight excluding hydrogens is 306 g/mol. The zero-order chi connectivity index (χ0) is 17.1. The van der Waals surface area contributed by atoms with E-state index in [-0.39, 0.29) is 18.2 Å². The number of ether oxygens (including phenoxy) is 3. The van der Waals surface area contributed by atoms with Crippen LogP contribution in [0.1, 0.15) is 41.7 Å². The van der Waals surface area contributed by atoms with E-state index in [1.165, 1.54) is 0 Å². The van der Waals surface area contributed by atoms with Gasteiger partial charge in [0.2, 0.25) is 0 Å². The van der Waals surface area contributed by atoms with Gasteiger partial charge in [-0.05, 0) is 50.5 Å². The van der Waals surface area contributed by atoms with Gasteiger partial charge in [0.1, 0.15) is 11.9 Å². The van der Waals surface area contributed by atoms with Crippen LogP contribution in [0, 0.1) is 6.92 Å². The summed E-state index contributed by atoms with van der Waals surface area (Å²) in [7, 11) is 3.31. The number of methoxy groups -OCH3 is 2. The van der Waals surface area contributed by atoms with Crippen molar-refractivity contribution in [3.8, 4) is 5.75 Å². The lowest BCUT2D eigenvalue weighted by Crippen LogP contribution is -2.29. The predicted molar refractivity (Wildman–Crippen MR) is 91.5 cm³/mol. The van der Waals surface area contributed by atoms with Crippen molar-refractivity contribution in [1.82, 2.24) is 4.98 Å². The normalized spacial score (nSPS) is 20.8. The zero-order valence-electron chi connectivity index (χ0n) is 14.4. The summed E-state index contributed by atoms with van der Waals surface area (Å²) < 4.78 is 16.4. The minimum Gasteiger partial charge on any atom is -0.497 e. The van der Waals surface area contributed by atoms with E-state index in [1.807, 2.05) is 25.1 Å². The minimum atomic E-state index is -0.305. The molecule has 5 nitrogen and oxygen atoms in total. The number of carbonyl (C=O) groups excluding carboxylic acids is 1. The summed E-state index contributed by atoms with van der Waals surface area (Å²) in [6, 6.07) is 7.31. The molecule has 24 heavy (non-hydrogen) atoms. The highest BCUT2D eigenvalue weighted by atomic mass is 16.5. The second kappa shape index (κ2) is 7.18.